The Balaban J connectivity index is 1.48. The maximum atomic E-state index is 13.3. The van der Waals surface area contributed by atoms with Crippen molar-refractivity contribution in [3.05, 3.63) is 58.6 Å². The minimum Gasteiger partial charge on any atom is -0.379 e. The lowest BCUT2D eigenvalue weighted by Crippen LogP contribution is -2.50. The third-order valence-corrected chi connectivity index (χ3v) is 5.73. The molecule has 0 spiro atoms. The van der Waals surface area contributed by atoms with E-state index in [9.17, 15) is 4.79 Å². The van der Waals surface area contributed by atoms with Crippen LogP contribution in [0.1, 0.15) is 49.1 Å². The predicted octanol–water partition coefficient (Wildman–Crippen LogP) is 3.73. The van der Waals surface area contributed by atoms with E-state index in [2.05, 4.69) is 15.1 Å². The van der Waals surface area contributed by atoms with E-state index < -0.39 is 5.60 Å². The van der Waals surface area contributed by atoms with Crippen LogP contribution in [0.3, 0.4) is 0 Å². The number of piperidine rings is 1. The predicted molar refractivity (Wildman–Crippen MR) is 107 cm³/mol. The van der Waals surface area contributed by atoms with Gasteiger partial charge in [0.05, 0.1) is 17.1 Å². The van der Waals surface area contributed by atoms with Crippen LogP contribution < -0.4 is 0 Å². The second-order valence-electron chi connectivity index (χ2n) is 7.69. The first-order valence-corrected chi connectivity index (χ1v) is 9.92. The molecule has 0 N–H and O–H groups in total. The molecule has 0 saturated carbocycles. The lowest BCUT2D eigenvalue weighted by molar-refractivity contribution is -0.154. The number of amides is 1. The number of oxime groups is 1. The van der Waals surface area contributed by atoms with Crippen molar-refractivity contribution in [2.24, 2.45) is 5.16 Å². The molecule has 0 radical (unpaired) electrons. The largest absolute Gasteiger partial charge is 0.379 e. The number of halogens is 1. The molecule has 28 heavy (non-hydrogen) atoms. The van der Waals surface area contributed by atoms with E-state index in [-0.39, 0.29) is 11.8 Å². The fourth-order valence-corrected chi connectivity index (χ4v) is 4.16. The van der Waals surface area contributed by atoms with Gasteiger partial charge in [-0.25, -0.2) is 0 Å². The number of benzene rings is 1. The highest BCUT2D eigenvalue weighted by Crippen LogP contribution is 2.33. The molecule has 0 bridgehead atoms. The second kappa shape index (κ2) is 7.51. The summed E-state index contributed by atoms with van der Waals surface area (Å²) in [6, 6.07) is 7.48. The second-order valence-corrected chi connectivity index (χ2v) is 8.10. The van der Waals surface area contributed by atoms with E-state index in [4.69, 9.17) is 16.4 Å². The summed E-state index contributed by atoms with van der Waals surface area (Å²) in [4.78, 5) is 29.7. The number of aryl methyl sites for hydroxylation is 1. The average Bonchev–Trinajstić information content (AvgIpc) is 3.11. The SMILES string of the molecule is Cc1cncc(C2CCCN(C(=O)C3(C)CC(c4ccccc4Cl)=NO3)C2)n1. The quantitative estimate of drug-likeness (QED) is 0.790. The number of carbonyl (C=O) groups excluding carboxylic acids is 1. The third kappa shape index (κ3) is 3.61. The summed E-state index contributed by atoms with van der Waals surface area (Å²) in [5, 5.41) is 4.80. The summed E-state index contributed by atoms with van der Waals surface area (Å²) in [6.07, 6.45) is 5.89. The summed E-state index contributed by atoms with van der Waals surface area (Å²) >= 11 is 6.28. The number of hydrogen-bond donors (Lipinski definition) is 0. The van der Waals surface area contributed by atoms with Gasteiger partial charge in [0.2, 0.25) is 5.60 Å². The fourth-order valence-electron chi connectivity index (χ4n) is 3.91. The van der Waals surface area contributed by atoms with Crippen LogP contribution in [0.2, 0.25) is 5.02 Å². The van der Waals surface area contributed by atoms with E-state index in [1.165, 1.54) is 0 Å². The maximum absolute atomic E-state index is 13.3. The normalized spacial score (nSPS) is 24.6. The molecule has 2 aliphatic rings. The zero-order valence-corrected chi connectivity index (χ0v) is 16.8. The highest BCUT2D eigenvalue weighted by atomic mass is 35.5. The van der Waals surface area contributed by atoms with Crippen molar-refractivity contribution in [1.82, 2.24) is 14.9 Å². The van der Waals surface area contributed by atoms with Crippen LogP contribution in [0.25, 0.3) is 0 Å². The fraction of sp³-hybridized carbons (Fsp3) is 0.429. The average molecular weight is 399 g/mol. The van der Waals surface area contributed by atoms with Crippen LogP contribution >= 0.6 is 11.6 Å². The van der Waals surface area contributed by atoms with Gasteiger partial charge in [-0.1, -0.05) is 35.0 Å². The van der Waals surface area contributed by atoms with Gasteiger partial charge in [-0.05, 0) is 32.8 Å². The molecule has 7 heteroatoms. The van der Waals surface area contributed by atoms with E-state index in [0.717, 1.165) is 36.3 Å². The molecule has 0 aliphatic carbocycles. The molecule has 1 fully saturated rings. The Morgan fingerprint density at radius 2 is 2.14 bits per heavy atom. The van der Waals surface area contributed by atoms with E-state index in [0.29, 0.717) is 23.7 Å². The monoisotopic (exact) mass is 398 g/mol. The van der Waals surface area contributed by atoms with Crippen LogP contribution in [-0.2, 0) is 9.63 Å². The van der Waals surface area contributed by atoms with Gasteiger partial charge >= 0.3 is 0 Å². The highest BCUT2D eigenvalue weighted by molar-refractivity contribution is 6.34. The molecular weight excluding hydrogens is 376 g/mol. The van der Waals surface area contributed by atoms with E-state index >= 15 is 0 Å². The number of carbonyl (C=O) groups is 1. The molecule has 2 atom stereocenters. The maximum Gasteiger partial charge on any atom is 0.269 e. The van der Waals surface area contributed by atoms with Gasteiger partial charge < -0.3 is 9.74 Å². The minimum atomic E-state index is -1.01. The lowest BCUT2D eigenvalue weighted by atomic mass is 9.90. The first-order valence-electron chi connectivity index (χ1n) is 9.54. The van der Waals surface area contributed by atoms with Crippen molar-refractivity contribution >= 4 is 23.2 Å². The Hall–Kier alpha value is -2.47. The van der Waals surface area contributed by atoms with Gasteiger partial charge in [0.25, 0.3) is 5.91 Å². The van der Waals surface area contributed by atoms with Crippen LogP contribution in [0.5, 0.6) is 0 Å². The molecule has 2 aliphatic heterocycles. The smallest absolute Gasteiger partial charge is 0.269 e. The van der Waals surface area contributed by atoms with Gasteiger partial charge in [-0.15, -0.1) is 0 Å². The number of nitrogens with zero attached hydrogens (tertiary/aromatic N) is 4. The molecule has 3 heterocycles. The molecule has 2 unspecified atom stereocenters. The number of likely N-dealkylation sites (tertiary alicyclic amines) is 1. The van der Waals surface area contributed by atoms with Crippen molar-refractivity contribution in [3.8, 4) is 0 Å². The van der Waals surface area contributed by atoms with Gasteiger partial charge in [-0.3, -0.25) is 14.8 Å². The Morgan fingerprint density at radius 1 is 1.32 bits per heavy atom. The van der Waals surface area contributed by atoms with Crippen molar-refractivity contribution in [2.45, 2.75) is 44.6 Å². The zero-order valence-electron chi connectivity index (χ0n) is 16.1. The highest BCUT2D eigenvalue weighted by Gasteiger charge is 2.46. The van der Waals surface area contributed by atoms with Crippen LogP contribution in [-0.4, -0.2) is 45.2 Å². The Kier molecular flexibility index (Phi) is 5.06. The van der Waals surface area contributed by atoms with Crippen LogP contribution in [0.4, 0.5) is 0 Å². The van der Waals surface area contributed by atoms with Crippen molar-refractivity contribution < 1.29 is 9.63 Å². The van der Waals surface area contributed by atoms with Crippen molar-refractivity contribution in [3.63, 3.8) is 0 Å². The minimum absolute atomic E-state index is 0.0383. The molecule has 6 nitrogen and oxygen atoms in total. The van der Waals surface area contributed by atoms with Gasteiger partial charge in [0.1, 0.15) is 0 Å². The summed E-state index contributed by atoms with van der Waals surface area (Å²) in [6.45, 7) is 5.08. The Bertz CT molecular complexity index is 932. The molecule has 1 aromatic carbocycles. The molecular formula is C21H23ClN4O2. The van der Waals surface area contributed by atoms with Crippen molar-refractivity contribution in [1.29, 1.82) is 0 Å². The lowest BCUT2D eigenvalue weighted by Gasteiger charge is -2.36. The zero-order chi connectivity index (χ0) is 19.7. The molecule has 1 amide bonds. The number of aromatic nitrogens is 2. The number of hydrogen-bond acceptors (Lipinski definition) is 5. The summed E-state index contributed by atoms with van der Waals surface area (Å²) in [5.74, 6) is 0.155. The first kappa shape index (κ1) is 18.9. The van der Waals surface area contributed by atoms with Gasteiger partial charge in [0, 0.05) is 48.4 Å². The van der Waals surface area contributed by atoms with Gasteiger partial charge in [-0.2, -0.15) is 0 Å². The summed E-state index contributed by atoms with van der Waals surface area (Å²) in [7, 11) is 0. The van der Waals surface area contributed by atoms with Crippen LogP contribution in [0, 0.1) is 6.92 Å². The molecule has 4 rings (SSSR count). The van der Waals surface area contributed by atoms with Crippen LogP contribution in [0.15, 0.2) is 41.8 Å². The molecule has 2 aromatic rings. The van der Waals surface area contributed by atoms with Gasteiger partial charge in [0.15, 0.2) is 0 Å². The molecule has 1 saturated heterocycles. The molecule has 146 valence electrons. The molecule has 1 aromatic heterocycles. The third-order valence-electron chi connectivity index (χ3n) is 5.40. The summed E-state index contributed by atoms with van der Waals surface area (Å²) < 4.78 is 0. The topological polar surface area (TPSA) is 67.7 Å². The Morgan fingerprint density at radius 3 is 2.93 bits per heavy atom. The van der Waals surface area contributed by atoms with Crippen molar-refractivity contribution in [2.75, 3.05) is 13.1 Å². The summed E-state index contributed by atoms with van der Waals surface area (Å²) in [5.41, 5.74) is 2.36. The first-order chi connectivity index (χ1) is 13.5. The van der Waals surface area contributed by atoms with E-state index in [1.807, 2.05) is 36.1 Å². The number of rotatable bonds is 3. The standard InChI is InChI=1S/C21H23ClN4O2/c1-14-11-23-12-19(24-14)15-6-5-9-26(13-15)20(27)21(2)10-18(25-28-21)16-7-3-4-8-17(16)22/h3-4,7-8,11-12,15H,5-6,9-10,13H2,1-2H3. The van der Waals surface area contributed by atoms with E-state index in [1.54, 1.807) is 19.3 Å². The Labute approximate surface area is 169 Å².